The largest absolute Gasteiger partial charge is 0.357 e. The number of piperidine rings is 1. The van der Waals surface area contributed by atoms with E-state index in [1.165, 1.54) is 19.3 Å². The Morgan fingerprint density at radius 2 is 2.07 bits per heavy atom. The average molecular weight is 206 g/mol. The van der Waals surface area contributed by atoms with Gasteiger partial charge in [0.25, 0.3) is 0 Å². The van der Waals surface area contributed by atoms with Gasteiger partial charge in [-0.15, -0.1) is 0 Å². The van der Waals surface area contributed by atoms with Crippen LogP contribution in [-0.2, 0) is 6.42 Å². The molecular weight excluding hydrogens is 188 g/mol. The highest BCUT2D eigenvalue weighted by Gasteiger charge is 2.12. The lowest BCUT2D eigenvalue weighted by molar-refractivity contribution is 0.572. The molecule has 4 heteroatoms. The van der Waals surface area contributed by atoms with E-state index in [0.29, 0.717) is 6.54 Å². The van der Waals surface area contributed by atoms with E-state index in [1.807, 2.05) is 12.3 Å². The SMILES string of the molecule is NCCc1nccc(N2CCCCC2)n1. The van der Waals surface area contributed by atoms with Crippen molar-refractivity contribution in [3.8, 4) is 0 Å². The molecule has 0 radical (unpaired) electrons. The van der Waals surface area contributed by atoms with Crippen molar-refractivity contribution in [2.24, 2.45) is 5.73 Å². The fourth-order valence-electron chi connectivity index (χ4n) is 1.94. The van der Waals surface area contributed by atoms with E-state index in [0.717, 1.165) is 31.2 Å². The van der Waals surface area contributed by atoms with Gasteiger partial charge >= 0.3 is 0 Å². The topological polar surface area (TPSA) is 55.0 Å². The number of hydrogen-bond acceptors (Lipinski definition) is 4. The van der Waals surface area contributed by atoms with E-state index in [9.17, 15) is 0 Å². The first-order valence-corrected chi connectivity index (χ1v) is 5.67. The predicted octanol–water partition coefficient (Wildman–Crippen LogP) is 0.968. The molecular formula is C11H18N4. The van der Waals surface area contributed by atoms with Crippen molar-refractivity contribution >= 4 is 5.82 Å². The van der Waals surface area contributed by atoms with E-state index in [1.54, 1.807) is 0 Å². The molecule has 0 aromatic carbocycles. The standard InChI is InChI=1S/C11H18N4/c12-6-4-10-13-7-5-11(14-10)15-8-2-1-3-9-15/h5,7H,1-4,6,8-9,12H2. The first-order chi connectivity index (χ1) is 7.40. The van der Waals surface area contributed by atoms with Crippen molar-refractivity contribution in [2.75, 3.05) is 24.5 Å². The summed E-state index contributed by atoms with van der Waals surface area (Å²) in [6.45, 7) is 2.86. The second-order valence-electron chi connectivity index (χ2n) is 3.92. The summed E-state index contributed by atoms with van der Waals surface area (Å²) in [6.07, 6.45) is 6.49. The normalized spacial score (nSPS) is 16.7. The summed E-state index contributed by atoms with van der Waals surface area (Å²) in [5.41, 5.74) is 5.50. The molecule has 0 saturated carbocycles. The molecule has 0 aliphatic carbocycles. The second-order valence-corrected chi connectivity index (χ2v) is 3.92. The third-order valence-electron chi connectivity index (χ3n) is 2.74. The third-order valence-corrected chi connectivity index (χ3v) is 2.74. The van der Waals surface area contributed by atoms with Gasteiger partial charge in [0, 0.05) is 25.7 Å². The first-order valence-electron chi connectivity index (χ1n) is 5.67. The Morgan fingerprint density at radius 1 is 1.27 bits per heavy atom. The van der Waals surface area contributed by atoms with Crippen molar-refractivity contribution in [2.45, 2.75) is 25.7 Å². The zero-order valence-corrected chi connectivity index (χ0v) is 9.02. The maximum Gasteiger partial charge on any atom is 0.132 e. The summed E-state index contributed by atoms with van der Waals surface area (Å²) in [4.78, 5) is 11.1. The Hall–Kier alpha value is -1.16. The van der Waals surface area contributed by atoms with Crippen LogP contribution in [0.3, 0.4) is 0 Å². The van der Waals surface area contributed by atoms with Crippen molar-refractivity contribution in [3.63, 3.8) is 0 Å². The van der Waals surface area contributed by atoms with E-state index in [2.05, 4.69) is 14.9 Å². The summed E-state index contributed by atoms with van der Waals surface area (Å²) in [7, 11) is 0. The van der Waals surface area contributed by atoms with Crippen LogP contribution in [0.5, 0.6) is 0 Å². The van der Waals surface area contributed by atoms with Crippen LogP contribution in [-0.4, -0.2) is 29.6 Å². The second kappa shape index (κ2) is 5.07. The molecule has 1 aromatic heterocycles. The highest BCUT2D eigenvalue weighted by molar-refractivity contribution is 5.37. The Kier molecular flexibility index (Phi) is 3.50. The van der Waals surface area contributed by atoms with Crippen molar-refractivity contribution in [1.82, 2.24) is 9.97 Å². The van der Waals surface area contributed by atoms with E-state index < -0.39 is 0 Å². The number of anilines is 1. The number of nitrogens with zero attached hydrogens (tertiary/aromatic N) is 3. The number of aromatic nitrogens is 2. The molecule has 0 atom stereocenters. The molecule has 2 rings (SSSR count). The molecule has 0 spiro atoms. The molecule has 2 heterocycles. The average Bonchev–Trinajstić information content (AvgIpc) is 2.31. The molecule has 82 valence electrons. The maximum absolute atomic E-state index is 5.50. The maximum atomic E-state index is 5.50. The highest BCUT2D eigenvalue weighted by atomic mass is 15.2. The lowest BCUT2D eigenvalue weighted by Crippen LogP contribution is -2.30. The third kappa shape index (κ3) is 2.65. The van der Waals surface area contributed by atoms with Gasteiger partial charge in [-0.3, -0.25) is 0 Å². The minimum Gasteiger partial charge on any atom is -0.357 e. The lowest BCUT2D eigenvalue weighted by Gasteiger charge is -2.27. The van der Waals surface area contributed by atoms with Gasteiger partial charge in [-0.05, 0) is 31.9 Å². The lowest BCUT2D eigenvalue weighted by atomic mass is 10.1. The van der Waals surface area contributed by atoms with Crippen LogP contribution < -0.4 is 10.6 Å². The Bertz CT molecular complexity index is 307. The van der Waals surface area contributed by atoms with E-state index >= 15 is 0 Å². The van der Waals surface area contributed by atoms with Crippen LogP contribution in [0.25, 0.3) is 0 Å². The fraction of sp³-hybridized carbons (Fsp3) is 0.636. The van der Waals surface area contributed by atoms with Gasteiger partial charge < -0.3 is 10.6 Å². The monoisotopic (exact) mass is 206 g/mol. The Labute approximate surface area is 90.5 Å². The number of nitrogens with two attached hydrogens (primary N) is 1. The minimum absolute atomic E-state index is 0.615. The Morgan fingerprint density at radius 3 is 2.80 bits per heavy atom. The molecule has 1 aliphatic heterocycles. The summed E-state index contributed by atoms with van der Waals surface area (Å²) in [5, 5.41) is 0. The number of hydrogen-bond donors (Lipinski definition) is 1. The van der Waals surface area contributed by atoms with E-state index in [4.69, 9.17) is 5.73 Å². The molecule has 0 amide bonds. The Balaban J connectivity index is 2.09. The summed E-state index contributed by atoms with van der Waals surface area (Å²) in [5.74, 6) is 1.92. The zero-order chi connectivity index (χ0) is 10.5. The molecule has 1 saturated heterocycles. The summed E-state index contributed by atoms with van der Waals surface area (Å²) >= 11 is 0. The molecule has 1 aromatic rings. The summed E-state index contributed by atoms with van der Waals surface area (Å²) < 4.78 is 0. The van der Waals surface area contributed by atoms with Gasteiger partial charge in [0.05, 0.1) is 0 Å². The minimum atomic E-state index is 0.615. The van der Waals surface area contributed by atoms with Gasteiger partial charge in [0.15, 0.2) is 0 Å². The molecule has 2 N–H and O–H groups in total. The highest BCUT2D eigenvalue weighted by Crippen LogP contribution is 2.16. The van der Waals surface area contributed by atoms with Crippen LogP contribution in [0.1, 0.15) is 25.1 Å². The van der Waals surface area contributed by atoms with Gasteiger partial charge in [0.1, 0.15) is 11.6 Å². The molecule has 1 aliphatic rings. The first kappa shape index (κ1) is 10.4. The van der Waals surface area contributed by atoms with Crippen LogP contribution in [0.15, 0.2) is 12.3 Å². The van der Waals surface area contributed by atoms with Gasteiger partial charge in [0.2, 0.25) is 0 Å². The smallest absolute Gasteiger partial charge is 0.132 e. The van der Waals surface area contributed by atoms with Crippen LogP contribution in [0.2, 0.25) is 0 Å². The molecule has 0 unspecified atom stereocenters. The van der Waals surface area contributed by atoms with Gasteiger partial charge in [-0.25, -0.2) is 9.97 Å². The number of rotatable bonds is 3. The molecule has 0 bridgehead atoms. The van der Waals surface area contributed by atoms with Crippen LogP contribution >= 0.6 is 0 Å². The van der Waals surface area contributed by atoms with Crippen molar-refractivity contribution in [1.29, 1.82) is 0 Å². The van der Waals surface area contributed by atoms with Crippen LogP contribution in [0, 0.1) is 0 Å². The quantitative estimate of drug-likeness (QED) is 0.800. The van der Waals surface area contributed by atoms with Crippen molar-refractivity contribution in [3.05, 3.63) is 18.1 Å². The molecule has 4 nitrogen and oxygen atoms in total. The fourth-order valence-corrected chi connectivity index (χ4v) is 1.94. The molecule has 15 heavy (non-hydrogen) atoms. The van der Waals surface area contributed by atoms with Gasteiger partial charge in [-0.2, -0.15) is 0 Å². The predicted molar refractivity (Wildman–Crippen MR) is 60.9 cm³/mol. The zero-order valence-electron chi connectivity index (χ0n) is 9.02. The van der Waals surface area contributed by atoms with Crippen molar-refractivity contribution < 1.29 is 0 Å². The van der Waals surface area contributed by atoms with Crippen LogP contribution in [0.4, 0.5) is 5.82 Å². The summed E-state index contributed by atoms with van der Waals surface area (Å²) in [6, 6.07) is 1.99. The van der Waals surface area contributed by atoms with Gasteiger partial charge in [-0.1, -0.05) is 0 Å². The molecule has 1 fully saturated rings. The van der Waals surface area contributed by atoms with E-state index in [-0.39, 0.29) is 0 Å².